The number of carbonyl (C=O) groups excluding carboxylic acids is 1. The van der Waals surface area contributed by atoms with Gasteiger partial charge in [-0.25, -0.2) is 9.78 Å². The summed E-state index contributed by atoms with van der Waals surface area (Å²) in [4.78, 5) is 26.6. The normalized spacial score (nSPS) is 10.3. The van der Waals surface area contributed by atoms with Gasteiger partial charge >= 0.3 is 6.09 Å². The van der Waals surface area contributed by atoms with Gasteiger partial charge in [0.05, 0.1) is 10.0 Å². The predicted octanol–water partition coefficient (Wildman–Crippen LogP) is 3.74. The number of carbonyl (C=O) groups is 2. The van der Waals surface area contributed by atoms with Crippen LogP contribution in [0, 0.1) is 0 Å². The van der Waals surface area contributed by atoms with Gasteiger partial charge in [-0.1, -0.05) is 40.9 Å². The molecule has 24 heavy (non-hydrogen) atoms. The first-order valence-corrected chi connectivity index (χ1v) is 7.84. The summed E-state index contributed by atoms with van der Waals surface area (Å²) in [5.74, 6) is -0.444. The molecule has 2 rings (SSSR count). The molecule has 0 fully saturated rings. The first-order valence-electron chi connectivity index (χ1n) is 6.70. The lowest BCUT2D eigenvalue weighted by molar-refractivity contribution is 0.0946. The molecule has 1 aromatic heterocycles. The first kappa shape index (κ1) is 18.3. The fourth-order valence-corrected chi connectivity index (χ4v) is 2.42. The van der Waals surface area contributed by atoms with E-state index in [9.17, 15) is 9.59 Å². The van der Waals surface area contributed by atoms with Crippen molar-refractivity contribution in [1.82, 2.24) is 15.6 Å². The van der Waals surface area contributed by atoms with Crippen LogP contribution in [0.3, 0.4) is 0 Å². The van der Waals surface area contributed by atoms with Crippen molar-refractivity contribution in [3.8, 4) is 0 Å². The zero-order valence-corrected chi connectivity index (χ0v) is 14.4. The van der Waals surface area contributed by atoms with Gasteiger partial charge in [0, 0.05) is 13.1 Å². The van der Waals surface area contributed by atoms with Gasteiger partial charge in [0.2, 0.25) is 0 Å². The van der Waals surface area contributed by atoms with Crippen molar-refractivity contribution in [2.24, 2.45) is 0 Å². The maximum atomic E-state index is 12.2. The summed E-state index contributed by atoms with van der Waals surface area (Å²) >= 11 is 17.6. The van der Waals surface area contributed by atoms with Gasteiger partial charge in [0.15, 0.2) is 0 Å². The molecule has 0 atom stereocenters. The number of halogens is 3. The summed E-state index contributed by atoms with van der Waals surface area (Å²) in [5, 5.41) is 14.4. The van der Waals surface area contributed by atoms with E-state index < -0.39 is 12.0 Å². The van der Waals surface area contributed by atoms with Crippen LogP contribution in [0.4, 0.5) is 4.79 Å². The Labute approximate surface area is 152 Å². The van der Waals surface area contributed by atoms with E-state index in [-0.39, 0.29) is 23.9 Å². The van der Waals surface area contributed by atoms with Gasteiger partial charge in [-0.05, 0) is 35.4 Å². The number of nitrogens with one attached hydrogen (secondary N) is 2. The molecular formula is C15H12Cl3N3O3. The van der Waals surface area contributed by atoms with Crippen LogP contribution in [0.25, 0.3) is 0 Å². The Morgan fingerprint density at radius 2 is 1.67 bits per heavy atom. The van der Waals surface area contributed by atoms with Crippen molar-refractivity contribution in [2.75, 3.05) is 0 Å². The van der Waals surface area contributed by atoms with Crippen LogP contribution < -0.4 is 10.6 Å². The topological polar surface area (TPSA) is 91.3 Å². The highest BCUT2D eigenvalue weighted by atomic mass is 35.5. The average Bonchev–Trinajstić information content (AvgIpc) is 2.53. The fraction of sp³-hybridized carbons (Fsp3) is 0.133. The second-order valence-corrected chi connectivity index (χ2v) is 5.97. The van der Waals surface area contributed by atoms with Crippen LogP contribution in [0.15, 0.2) is 30.3 Å². The maximum absolute atomic E-state index is 12.2. The molecular weight excluding hydrogens is 377 g/mol. The molecule has 0 spiro atoms. The number of rotatable bonds is 5. The van der Waals surface area contributed by atoms with E-state index in [2.05, 4.69) is 15.6 Å². The molecule has 0 aliphatic rings. The Bertz CT molecular complexity index is 784. The second kappa shape index (κ2) is 8.19. The van der Waals surface area contributed by atoms with E-state index in [1.807, 2.05) is 0 Å². The highest BCUT2D eigenvalue weighted by Gasteiger charge is 2.11. The Hall–Kier alpha value is -2.02. The third-order valence-electron chi connectivity index (χ3n) is 2.97. The highest BCUT2D eigenvalue weighted by Crippen LogP contribution is 2.22. The number of carboxylic acid groups (broad SMARTS) is 1. The minimum Gasteiger partial charge on any atom is -0.465 e. The van der Waals surface area contributed by atoms with Crippen LogP contribution in [0.5, 0.6) is 0 Å². The number of pyridine rings is 1. The Kier molecular flexibility index (Phi) is 6.25. The molecule has 0 saturated heterocycles. The number of aromatic nitrogens is 1. The van der Waals surface area contributed by atoms with Crippen molar-refractivity contribution >= 4 is 46.8 Å². The molecule has 6 nitrogen and oxygen atoms in total. The van der Waals surface area contributed by atoms with Gasteiger partial charge < -0.3 is 15.7 Å². The molecule has 1 heterocycles. The summed E-state index contributed by atoms with van der Waals surface area (Å²) < 4.78 is 0. The van der Waals surface area contributed by atoms with E-state index in [0.29, 0.717) is 15.6 Å². The molecule has 0 bridgehead atoms. The van der Waals surface area contributed by atoms with E-state index in [4.69, 9.17) is 39.9 Å². The van der Waals surface area contributed by atoms with Gasteiger partial charge in [-0.2, -0.15) is 0 Å². The van der Waals surface area contributed by atoms with Crippen molar-refractivity contribution < 1.29 is 14.7 Å². The van der Waals surface area contributed by atoms with Crippen LogP contribution >= 0.6 is 34.8 Å². The van der Waals surface area contributed by atoms with E-state index in [0.717, 1.165) is 5.56 Å². The van der Waals surface area contributed by atoms with Gasteiger partial charge in [-0.3, -0.25) is 4.79 Å². The third-order valence-corrected chi connectivity index (χ3v) is 3.90. The lowest BCUT2D eigenvalue weighted by Gasteiger charge is -2.08. The minimum atomic E-state index is -1.17. The van der Waals surface area contributed by atoms with Crippen LogP contribution in [-0.2, 0) is 13.1 Å². The Morgan fingerprint density at radius 1 is 0.958 bits per heavy atom. The number of benzene rings is 1. The smallest absolute Gasteiger partial charge is 0.404 e. The zero-order valence-electron chi connectivity index (χ0n) is 12.1. The number of nitrogens with zero attached hydrogens (tertiary/aromatic N) is 1. The molecule has 3 N–H and O–H groups in total. The number of hydrogen-bond acceptors (Lipinski definition) is 3. The molecule has 0 radical (unpaired) electrons. The molecule has 0 unspecified atom stereocenters. The van der Waals surface area contributed by atoms with E-state index in [1.54, 1.807) is 18.2 Å². The minimum absolute atomic E-state index is 0.0185. The molecule has 0 aliphatic carbocycles. The summed E-state index contributed by atoms with van der Waals surface area (Å²) in [7, 11) is 0. The quantitative estimate of drug-likeness (QED) is 0.680. The van der Waals surface area contributed by atoms with Crippen molar-refractivity contribution in [3.05, 3.63) is 62.4 Å². The van der Waals surface area contributed by atoms with E-state index in [1.165, 1.54) is 12.1 Å². The predicted molar refractivity (Wildman–Crippen MR) is 91.7 cm³/mol. The maximum Gasteiger partial charge on any atom is 0.404 e. The number of amides is 2. The van der Waals surface area contributed by atoms with Gasteiger partial charge in [-0.15, -0.1) is 0 Å². The van der Waals surface area contributed by atoms with Crippen LogP contribution in [0.1, 0.15) is 21.6 Å². The monoisotopic (exact) mass is 387 g/mol. The molecule has 2 aromatic rings. The van der Waals surface area contributed by atoms with Crippen molar-refractivity contribution in [1.29, 1.82) is 0 Å². The standard InChI is InChI=1S/C15H12Cl3N3O3/c16-10-2-1-8(3-11(10)17)6-19-14(22)12-4-9(5-13(18)21-12)7-20-15(23)24/h1-5,20H,6-7H2,(H,19,22)(H,23,24). The summed E-state index contributed by atoms with van der Waals surface area (Å²) in [6.07, 6.45) is -1.17. The van der Waals surface area contributed by atoms with Crippen LogP contribution in [0.2, 0.25) is 15.2 Å². The molecule has 9 heteroatoms. The SMILES string of the molecule is O=C(O)NCc1cc(Cl)nc(C(=O)NCc2ccc(Cl)c(Cl)c2)c1. The summed E-state index contributed by atoms with van der Waals surface area (Å²) in [5.41, 5.74) is 1.38. The first-order chi connectivity index (χ1) is 11.3. The molecule has 0 saturated carbocycles. The summed E-state index contributed by atoms with van der Waals surface area (Å²) in [6.45, 7) is 0.247. The lowest BCUT2D eigenvalue weighted by atomic mass is 10.2. The molecule has 1 aromatic carbocycles. The molecule has 2 amide bonds. The van der Waals surface area contributed by atoms with Crippen molar-refractivity contribution in [3.63, 3.8) is 0 Å². The Morgan fingerprint density at radius 3 is 2.33 bits per heavy atom. The summed E-state index contributed by atoms with van der Waals surface area (Å²) in [6, 6.07) is 7.97. The third kappa shape index (κ3) is 5.26. The van der Waals surface area contributed by atoms with Crippen LogP contribution in [-0.4, -0.2) is 22.1 Å². The zero-order chi connectivity index (χ0) is 17.7. The molecule has 0 aliphatic heterocycles. The Balaban J connectivity index is 2.05. The van der Waals surface area contributed by atoms with Gasteiger partial charge in [0.25, 0.3) is 5.91 Å². The highest BCUT2D eigenvalue weighted by molar-refractivity contribution is 6.42. The second-order valence-electron chi connectivity index (χ2n) is 4.77. The van der Waals surface area contributed by atoms with E-state index >= 15 is 0 Å². The van der Waals surface area contributed by atoms with Crippen molar-refractivity contribution in [2.45, 2.75) is 13.1 Å². The number of hydrogen-bond donors (Lipinski definition) is 3. The average molecular weight is 389 g/mol. The lowest BCUT2D eigenvalue weighted by Crippen LogP contribution is -2.25. The largest absolute Gasteiger partial charge is 0.465 e. The fourth-order valence-electron chi connectivity index (χ4n) is 1.87. The molecule has 126 valence electrons. The van der Waals surface area contributed by atoms with Gasteiger partial charge in [0.1, 0.15) is 10.8 Å².